The van der Waals surface area contributed by atoms with E-state index in [1.807, 2.05) is 0 Å². The first-order valence-electron chi connectivity index (χ1n) is 7.84. The molecular formula is C15H33N3. The van der Waals surface area contributed by atoms with Crippen LogP contribution in [0.5, 0.6) is 0 Å². The molecule has 0 saturated carbocycles. The molecule has 0 spiro atoms. The number of piperidine rings is 1. The molecule has 1 unspecified atom stereocenters. The van der Waals surface area contributed by atoms with Crippen molar-refractivity contribution in [3.05, 3.63) is 0 Å². The molecule has 0 aromatic heterocycles. The second-order valence-electron chi connectivity index (χ2n) is 5.83. The maximum absolute atomic E-state index is 3.53. The molecule has 1 rings (SSSR count). The van der Waals surface area contributed by atoms with Gasteiger partial charge in [-0.05, 0) is 58.8 Å². The van der Waals surface area contributed by atoms with Gasteiger partial charge in [0.05, 0.1) is 0 Å². The maximum atomic E-state index is 3.53. The van der Waals surface area contributed by atoms with Gasteiger partial charge in [0.1, 0.15) is 0 Å². The zero-order valence-corrected chi connectivity index (χ0v) is 12.9. The van der Waals surface area contributed by atoms with Crippen LogP contribution in [0.3, 0.4) is 0 Å². The lowest BCUT2D eigenvalue weighted by Crippen LogP contribution is -2.44. The van der Waals surface area contributed by atoms with Gasteiger partial charge in [-0.1, -0.05) is 13.8 Å². The molecular weight excluding hydrogens is 222 g/mol. The number of nitrogens with one attached hydrogen (secondary N) is 1. The van der Waals surface area contributed by atoms with E-state index >= 15 is 0 Å². The van der Waals surface area contributed by atoms with Crippen LogP contribution in [0.4, 0.5) is 0 Å². The minimum Gasteiger partial charge on any atom is -0.316 e. The van der Waals surface area contributed by atoms with E-state index in [1.165, 1.54) is 58.7 Å². The van der Waals surface area contributed by atoms with Gasteiger partial charge in [-0.2, -0.15) is 0 Å². The van der Waals surface area contributed by atoms with E-state index in [0.29, 0.717) is 6.04 Å². The summed E-state index contributed by atoms with van der Waals surface area (Å²) in [5, 5.41) is 3.53. The van der Waals surface area contributed by atoms with Crippen molar-refractivity contribution in [2.75, 3.05) is 45.8 Å². The van der Waals surface area contributed by atoms with Crippen molar-refractivity contribution in [3.63, 3.8) is 0 Å². The summed E-state index contributed by atoms with van der Waals surface area (Å²) in [5.41, 5.74) is 0. The summed E-state index contributed by atoms with van der Waals surface area (Å²) in [4.78, 5) is 5.19. The summed E-state index contributed by atoms with van der Waals surface area (Å²) in [6, 6.07) is 0.669. The molecule has 0 aromatic rings. The van der Waals surface area contributed by atoms with Gasteiger partial charge in [-0.15, -0.1) is 0 Å². The minimum atomic E-state index is 0.669. The Labute approximate surface area is 114 Å². The first-order valence-corrected chi connectivity index (χ1v) is 7.84. The highest BCUT2D eigenvalue weighted by molar-refractivity contribution is 4.75. The first kappa shape index (κ1) is 15.9. The van der Waals surface area contributed by atoms with E-state index in [9.17, 15) is 0 Å². The SMILES string of the molecule is CCN(CC)CCN(CC1CCCNC1)C(C)C. The highest BCUT2D eigenvalue weighted by Crippen LogP contribution is 2.13. The monoisotopic (exact) mass is 255 g/mol. The van der Waals surface area contributed by atoms with Crippen LogP contribution in [0.2, 0.25) is 0 Å². The Kier molecular flexibility index (Phi) is 7.87. The second kappa shape index (κ2) is 8.89. The molecule has 0 bridgehead atoms. The molecule has 1 fully saturated rings. The van der Waals surface area contributed by atoms with Gasteiger partial charge in [0.25, 0.3) is 0 Å². The third kappa shape index (κ3) is 5.68. The van der Waals surface area contributed by atoms with Gasteiger partial charge < -0.3 is 10.2 Å². The summed E-state index contributed by atoms with van der Waals surface area (Å²) in [6.07, 6.45) is 2.76. The topological polar surface area (TPSA) is 18.5 Å². The molecule has 18 heavy (non-hydrogen) atoms. The van der Waals surface area contributed by atoms with Gasteiger partial charge in [0.15, 0.2) is 0 Å². The highest BCUT2D eigenvalue weighted by Gasteiger charge is 2.18. The summed E-state index contributed by atoms with van der Waals surface area (Å²) in [7, 11) is 0. The third-order valence-electron chi connectivity index (χ3n) is 4.22. The molecule has 0 amide bonds. The minimum absolute atomic E-state index is 0.669. The molecule has 1 atom stereocenters. The fraction of sp³-hybridized carbons (Fsp3) is 1.00. The van der Waals surface area contributed by atoms with Gasteiger partial charge in [-0.3, -0.25) is 4.90 Å². The van der Waals surface area contributed by atoms with E-state index in [1.54, 1.807) is 0 Å². The lowest BCUT2D eigenvalue weighted by molar-refractivity contribution is 0.148. The number of hydrogen-bond donors (Lipinski definition) is 1. The van der Waals surface area contributed by atoms with Crippen molar-refractivity contribution in [1.29, 1.82) is 0 Å². The standard InChI is InChI=1S/C15H33N3/c1-5-17(6-2)10-11-18(14(3)4)13-15-8-7-9-16-12-15/h14-16H,5-13H2,1-4H3. The summed E-state index contributed by atoms with van der Waals surface area (Å²) in [5.74, 6) is 0.859. The van der Waals surface area contributed by atoms with Crippen molar-refractivity contribution < 1.29 is 0 Å². The van der Waals surface area contributed by atoms with Crippen molar-refractivity contribution in [2.45, 2.75) is 46.6 Å². The lowest BCUT2D eigenvalue weighted by Gasteiger charge is -2.34. The Balaban J connectivity index is 2.34. The Hall–Kier alpha value is -0.120. The Morgan fingerprint density at radius 2 is 1.89 bits per heavy atom. The van der Waals surface area contributed by atoms with Crippen LogP contribution in [0.25, 0.3) is 0 Å². The Morgan fingerprint density at radius 3 is 2.39 bits per heavy atom. The van der Waals surface area contributed by atoms with Crippen molar-refractivity contribution in [2.24, 2.45) is 5.92 Å². The summed E-state index contributed by atoms with van der Waals surface area (Å²) in [6.45, 7) is 17.7. The molecule has 108 valence electrons. The maximum Gasteiger partial charge on any atom is 0.0112 e. The van der Waals surface area contributed by atoms with Crippen molar-refractivity contribution in [3.8, 4) is 0 Å². The van der Waals surface area contributed by atoms with Crippen LogP contribution in [-0.4, -0.2) is 61.7 Å². The van der Waals surface area contributed by atoms with Gasteiger partial charge in [-0.25, -0.2) is 0 Å². The highest BCUT2D eigenvalue weighted by atomic mass is 15.2. The number of hydrogen-bond acceptors (Lipinski definition) is 3. The van der Waals surface area contributed by atoms with E-state index in [4.69, 9.17) is 0 Å². The quantitative estimate of drug-likeness (QED) is 0.716. The van der Waals surface area contributed by atoms with Crippen LogP contribution >= 0.6 is 0 Å². The zero-order valence-electron chi connectivity index (χ0n) is 12.9. The first-order chi connectivity index (χ1) is 8.67. The van der Waals surface area contributed by atoms with E-state index in [-0.39, 0.29) is 0 Å². The molecule has 1 heterocycles. The molecule has 1 aliphatic rings. The number of rotatable bonds is 8. The molecule has 1 saturated heterocycles. The number of nitrogens with zero attached hydrogens (tertiary/aromatic N) is 2. The van der Waals surface area contributed by atoms with Gasteiger partial charge >= 0.3 is 0 Å². The summed E-state index contributed by atoms with van der Waals surface area (Å²) >= 11 is 0. The molecule has 0 radical (unpaired) electrons. The van der Waals surface area contributed by atoms with E-state index < -0.39 is 0 Å². The van der Waals surface area contributed by atoms with Crippen molar-refractivity contribution in [1.82, 2.24) is 15.1 Å². The molecule has 0 aliphatic carbocycles. The van der Waals surface area contributed by atoms with E-state index in [0.717, 1.165) is 5.92 Å². The normalized spacial score (nSPS) is 21.2. The van der Waals surface area contributed by atoms with E-state index in [2.05, 4.69) is 42.8 Å². The van der Waals surface area contributed by atoms with Crippen LogP contribution in [0.1, 0.15) is 40.5 Å². The predicted molar refractivity (Wildman–Crippen MR) is 80.1 cm³/mol. The largest absolute Gasteiger partial charge is 0.316 e. The van der Waals surface area contributed by atoms with Crippen LogP contribution < -0.4 is 5.32 Å². The molecule has 3 nitrogen and oxygen atoms in total. The average Bonchev–Trinajstić information content (AvgIpc) is 2.39. The molecule has 0 aromatic carbocycles. The van der Waals surface area contributed by atoms with Crippen LogP contribution in [-0.2, 0) is 0 Å². The fourth-order valence-corrected chi connectivity index (χ4v) is 2.78. The van der Waals surface area contributed by atoms with Crippen LogP contribution in [0.15, 0.2) is 0 Å². The number of likely N-dealkylation sites (N-methyl/N-ethyl adjacent to an activating group) is 1. The smallest absolute Gasteiger partial charge is 0.0112 e. The molecule has 1 aliphatic heterocycles. The Bertz CT molecular complexity index is 196. The van der Waals surface area contributed by atoms with Crippen molar-refractivity contribution >= 4 is 0 Å². The van der Waals surface area contributed by atoms with Crippen LogP contribution in [0, 0.1) is 5.92 Å². The average molecular weight is 255 g/mol. The lowest BCUT2D eigenvalue weighted by atomic mass is 9.98. The second-order valence-corrected chi connectivity index (χ2v) is 5.83. The zero-order chi connectivity index (χ0) is 13.4. The predicted octanol–water partition coefficient (Wildman–Crippen LogP) is 2.04. The van der Waals surface area contributed by atoms with Gasteiger partial charge in [0, 0.05) is 25.7 Å². The third-order valence-corrected chi connectivity index (χ3v) is 4.22. The fourth-order valence-electron chi connectivity index (χ4n) is 2.78. The molecule has 1 N–H and O–H groups in total. The summed E-state index contributed by atoms with van der Waals surface area (Å²) < 4.78 is 0. The molecule has 3 heteroatoms. The Morgan fingerprint density at radius 1 is 1.17 bits per heavy atom. The van der Waals surface area contributed by atoms with Gasteiger partial charge in [0.2, 0.25) is 0 Å².